The third kappa shape index (κ3) is 2.31. The minimum absolute atomic E-state index is 0.0654. The molecule has 82 valence electrons. The molecule has 0 bridgehead atoms. The third-order valence-corrected chi connectivity index (χ3v) is 2.56. The summed E-state index contributed by atoms with van der Waals surface area (Å²) in [6.45, 7) is 0.663. The van der Waals surface area contributed by atoms with Gasteiger partial charge in [-0.3, -0.25) is 0 Å². The predicted octanol–water partition coefficient (Wildman–Crippen LogP) is 2.83. The average Bonchev–Trinajstić information content (AvgIpc) is 2.67. The van der Waals surface area contributed by atoms with E-state index in [9.17, 15) is 13.2 Å². The van der Waals surface area contributed by atoms with Crippen LogP contribution in [0.25, 0.3) is 0 Å². The average molecular weight is 216 g/mol. The van der Waals surface area contributed by atoms with Gasteiger partial charge < -0.3 is 4.74 Å². The van der Waals surface area contributed by atoms with Crippen LogP contribution in [0.5, 0.6) is 0 Å². The summed E-state index contributed by atoms with van der Waals surface area (Å²) < 4.78 is 44.0. The fraction of sp³-hybridized carbons (Fsp3) is 0.455. The molecule has 1 aromatic rings. The van der Waals surface area contributed by atoms with Crippen LogP contribution in [0.2, 0.25) is 0 Å². The number of hydrogen-bond donors (Lipinski definition) is 0. The van der Waals surface area contributed by atoms with Gasteiger partial charge in [-0.05, 0) is 24.5 Å². The standard InChI is InChI=1S/C11H11F3O/c12-9-6-11(14)10(13)5-7(9)4-8-2-1-3-15-8/h5-6,8H,1-4H2/t8-/m0/s1. The van der Waals surface area contributed by atoms with Crippen LogP contribution >= 0.6 is 0 Å². The van der Waals surface area contributed by atoms with Gasteiger partial charge in [-0.1, -0.05) is 0 Å². The number of rotatable bonds is 2. The van der Waals surface area contributed by atoms with Gasteiger partial charge >= 0.3 is 0 Å². The van der Waals surface area contributed by atoms with Gasteiger partial charge in [0.25, 0.3) is 0 Å². The molecule has 1 aromatic carbocycles. The molecule has 4 heteroatoms. The minimum Gasteiger partial charge on any atom is -0.378 e. The van der Waals surface area contributed by atoms with Crippen molar-refractivity contribution in [2.75, 3.05) is 6.61 Å². The Morgan fingerprint density at radius 1 is 1.13 bits per heavy atom. The Balaban J connectivity index is 2.16. The number of ether oxygens (including phenoxy) is 1. The molecule has 2 rings (SSSR count). The quantitative estimate of drug-likeness (QED) is 0.691. The van der Waals surface area contributed by atoms with Crippen LogP contribution in [0.3, 0.4) is 0 Å². The van der Waals surface area contributed by atoms with Crippen molar-refractivity contribution in [2.24, 2.45) is 0 Å². The van der Waals surface area contributed by atoms with Crippen LogP contribution in [0, 0.1) is 17.5 Å². The molecule has 0 spiro atoms. The molecule has 1 fully saturated rings. The van der Waals surface area contributed by atoms with Crippen molar-refractivity contribution in [2.45, 2.75) is 25.4 Å². The smallest absolute Gasteiger partial charge is 0.161 e. The van der Waals surface area contributed by atoms with E-state index in [4.69, 9.17) is 4.74 Å². The monoisotopic (exact) mass is 216 g/mol. The van der Waals surface area contributed by atoms with Crippen LogP contribution in [-0.4, -0.2) is 12.7 Å². The lowest BCUT2D eigenvalue weighted by atomic mass is 10.1. The van der Waals surface area contributed by atoms with Gasteiger partial charge in [0.1, 0.15) is 5.82 Å². The summed E-state index contributed by atoms with van der Waals surface area (Å²) in [6.07, 6.45) is 2.03. The van der Waals surface area contributed by atoms with Gasteiger partial charge in [-0.15, -0.1) is 0 Å². The maximum absolute atomic E-state index is 13.2. The van der Waals surface area contributed by atoms with Gasteiger partial charge in [-0.2, -0.15) is 0 Å². The number of halogens is 3. The van der Waals surface area contributed by atoms with Crippen molar-refractivity contribution < 1.29 is 17.9 Å². The van der Waals surface area contributed by atoms with Crippen molar-refractivity contribution in [3.63, 3.8) is 0 Å². The highest BCUT2D eigenvalue weighted by atomic mass is 19.2. The summed E-state index contributed by atoms with van der Waals surface area (Å²) in [5, 5.41) is 0. The van der Waals surface area contributed by atoms with Crippen molar-refractivity contribution in [1.82, 2.24) is 0 Å². The highest BCUT2D eigenvalue weighted by molar-refractivity contribution is 5.21. The van der Waals surface area contributed by atoms with Crippen LogP contribution in [0.15, 0.2) is 12.1 Å². The van der Waals surface area contributed by atoms with E-state index in [1.54, 1.807) is 0 Å². The highest BCUT2D eigenvalue weighted by Crippen LogP contribution is 2.20. The molecule has 0 aliphatic carbocycles. The zero-order valence-corrected chi connectivity index (χ0v) is 8.10. The van der Waals surface area contributed by atoms with Crippen molar-refractivity contribution >= 4 is 0 Å². The van der Waals surface area contributed by atoms with Gasteiger partial charge in [0.2, 0.25) is 0 Å². The predicted molar refractivity (Wildman–Crippen MR) is 49.0 cm³/mol. The Morgan fingerprint density at radius 3 is 2.53 bits per heavy atom. The molecule has 1 atom stereocenters. The van der Waals surface area contributed by atoms with Gasteiger partial charge in [0, 0.05) is 19.1 Å². The lowest BCUT2D eigenvalue weighted by molar-refractivity contribution is 0.110. The van der Waals surface area contributed by atoms with Crippen molar-refractivity contribution in [3.8, 4) is 0 Å². The molecule has 0 radical (unpaired) electrons. The van der Waals surface area contributed by atoms with E-state index < -0.39 is 17.5 Å². The Morgan fingerprint density at radius 2 is 1.87 bits per heavy atom. The van der Waals surface area contributed by atoms with Crippen molar-refractivity contribution in [3.05, 3.63) is 35.1 Å². The van der Waals surface area contributed by atoms with E-state index in [0.717, 1.165) is 18.9 Å². The summed E-state index contributed by atoms with van der Waals surface area (Å²) in [6, 6.07) is 1.49. The number of benzene rings is 1. The molecule has 0 amide bonds. The second-order valence-electron chi connectivity index (χ2n) is 3.70. The van der Waals surface area contributed by atoms with Crippen LogP contribution in [0.4, 0.5) is 13.2 Å². The largest absolute Gasteiger partial charge is 0.378 e. The lowest BCUT2D eigenvalue weighted by Gasteiger charge is -2.10. The fourth-order valence-corrected chi connectivity index (χ4v) is 1.77. The van der Waals surface area contributed by atoms with Crippen LogP contribution in [-0.2, 0) is 11.2 Å². The van der Waals surface area contributed by atoms with E-state index in [-0.39, 0.29) is 11.7 Å². The second kappa shape index (κ2) is 4.23. The fourth-order valence-electron chi connectivity index (χ4n) is 1.77. The molecule has 15 heavy (non-hydrogen) atoms. The molecule has 1 aliphatic rings. The third-order valence-electron chi connectivity index (χ3n) is 2.56. The summed E-state index contributed by atoms with van der Waals surface area (Å²) >= 11 is 0. The maximum Gasteiger partial charge on any atom is 0.161 e. The molecular formula is C11H11F3O. The Kier molecular flexibility index (Phi) is 2.95. The SMILES string of the molecule is Fc1cc(F)c(C[C@@H]2CCCO2)cc1F. The van der Waals surface area contributed by atoms with E-state index in [1.807, 2.05) is 0 Å². The first-order valence-electron chi connectivity index (χ1n) is 4.92. The molecule has 1 nitrogen and oxygen atoms in total. The molecular weight excluding hydrogens is 205 g/mol. The van der Waals surface area contributed by atoms with E-state index in [0.29, 0.717) is 19.1 Å². The van der Waals surface area contributed by atoms with Gasteiger partial charge in [0.05, 0.1) is 6.10 Å². The van der Waals surface area contributed by atoms with E-state index in [2.05, 4.69) is 0 Å². The summed E-state index contributed by atoms with van der Waals surface area (Å²) in [5.41, 5.74) is 0.181. The zero-order valence-electron chi connectivity index (χ0n) is 8.10. The first-order chi connectivity index (χ1) is 7.16. The number of hydrogen-bond acceptors (Lipinski definition) is 1. The first kappa shape index (κ1) is 10.5. The molecule has 1 aliphatic heterocycles. The molecule has 1 saturated heterocycles. The molecule has 0 N–H and O–H groups in total. The summed E-state index contributed by atoms with van der Waals surface area (Å²) in [5.74, 6) is -2.86. The van der Waals surface area contributed by atoms with Gasteiger partial charge in [-0.25, -0.2) is 13.2 Å². The highest BCUT2D eigenvalue weighted by Gasteiger charge is 2.19. The van der Waals surface area contributed by atoms with E-state index in [1.165, 1.54) is 0 Å². The molecule has 0 saturated carbocycles. The summed E-state index contributed by atoms with van der Waals surface area (Å²) in [4.78, 5) is 0. The van der Waals surface area contributed by atoms with Gasteiger partial charge in [0.15, 0.2) is 11.6 Å². The Labute approximate surface area is 85.9 Å². The minimum atomic E-state index is -1.15. The van der Waals surface area contributed by atoms with E-state index >= 15 is 0 Å². The lowest BCUT2D eigenvalue weighted by Crippen LogP contribution is -2.10. The molecule has 1 heterocycles. The maximum atomic E-state index is 13.2. The second-order valence-corrected chi connectivity index (χ2v) is 3.70. The Bertz CT molecular complexity index is 359. The molecule has 0 aromatic heterocycles. The Hall–Kier alpha value is -1.03. The van der Waals surface area contributed by atoms with Crippen LogP contribution in [0.1, 0.15) is 18.4 Å². The first-order valence-corrected chi connectivity index (χ1v) is 4.92. The topological polar surface area (TPSA) is 9.23 Å². The molecule has 0 unspecified atom stereocenters. The summed E-state index contributed by atoms with van der Waals surface area (Å²) in [7, 11) is 0. The zero-order chi connectivity index (χ0) is 10.8. The van der Waals surface area contributed by atoms with Crippen molar-refractivity contribution in [1.29, 1.82) is 0 Å². The van der Waals surface area contributed by atoms with Crippen LogP contribution < -0.4 is 0 Å². The normalized spacial score (nSPS) is 20.9.